The molecule has 0 unspecified atom stereocenters. The minimum Gasteiger partial charge on any atom is -0.382 e. The van der Waals surface area contributed by atoms with Crippen LogP contribution in [0.1, 0.15) is 0 Å². The molecule has 1 N–H and O–H groups in total. The van der Waals surface area contributed by atoms with Crippen molar-refractivity contribution in [2.24, 2.45) is 0 Å². The third-order valence-corrected chi connectivity index (χ3v) is 4.64. The van der Waals surface area contributed by atoms with Crippen LogP contribution >= 0.6 is 12.4 Å². The second kappa shape index (κ2) is 5.32. The van der Waals surface area contributed by atoms with Crippen LogP contribution in [-0.2, 0) is 6.54 Å². The van der Waals surface area contributed by atoms with Crippen molar-refractivity contribution in [2.75, 3.05) is 11.9 Å². The Hall–Kier alpha value is -2.45. The smallest absolute Gasteiger partial charge is 0.0727 e. The molecule has 4 aromatic rings. The topological polar surface area (TPSA) is 17.0 Å². The van der Waals surface area contributed by atoms with Gasteiger partial charge in [-0.15, -0.1) is 12.4 Å². The fourth-order valence-corrected chi connectivity index (χ4v) is 3.65. The third kappa shape index (κ3) is 2.02. The number of benzene rings is 3. The van der Waals surface area contributed by atoms with E-state index in [0.29, 0.717) is 0 Å². The van der Waals surface area contributed by atoms with Crippen LogP contribution in [0.25, 0.3) is 32.9 Å². The summed E-state index contributed by atoms with van der Waals surface area (Å²) in [5.74, 6) is 0. The average molecular weight is 321 g/mol. The van der Waals surface area contributed by atoms with Gasteiger partial charge in [0.15, 0.2) is 0 Å². The van der Waals surface area contributed by atoms with E-state index in [4.69, 9.17) is 0 Å². The Morgan fingerprint density at radius 2 is 1.65 bits per heavy atom. The third-order valence-electron chi connectivity index (χ3n) is 4.64. The molecule has 0 radical (unpaired) electrons. The number of anilines is 1. The van der Waals surface area contributed by atoms with Crippen LogP contribution in [0.5, 0.6) is 0 Å². The van der Waals surface area contributed by atoms with E-state index in [0.717, 1.165) is 13.1 Å². The Bertz CT molecular complexity index is 1000. The Labute approximate surface area is 141 Å². The normalized spacial score (nSPS) is 12.9. The summed E-state index contributed by atoms with van der Waals surface area (Å²) in [6.07, 6.45) is 0. The largest absolute Gasteiger partial charge is 0.382 e. The molecule has 0 amide bonds. The predicted octanol–water partition coefficient (Wildman–Crippen LogP) is 5.31. The lowest BCUT2D eigenvalue weighted by molar-refractivity contribution is 0.765. The minimum atomic E-state index is 0. The van der Waals surface area contributed by atoms with E-state index in [1.165, 1.54) is 38.6 Å². The summed E-state index contributed by atoms with van der Waals surface area (Å²) >= 11 is 0. The first kappa shape index (κ1) is 14.2. The van der Waals surface area contributed by atoms with Crippen LogP contribution in [0.15, 0.2) is 66.7 Å². The first-order valence-corrected chi connectivity index (χ1v) is 7.76. The van der Waals surface area contributed by atoms with Crippen molar-refractivity contribution in [1.82, 2.24) is 4.57 Å². The van der Waals surface area contributed by atoms with Crippen molar-refractivity contribution in [3.63, 3.8) is 0 Å². The lowest BCUT2D eigenvalue weighted by Crippen LogP contribution is -2.16. The molecule has 0 saturated carbocycles. The van der Waals surface area contributed by atoms with Gasteiger partial charge in [0, 0.05) is 29.4 Å². The van der Waals surface area contributed by atoms with Crippen molar-refractivity contribution in [3.05, 3.63) is 66.7 Å². The number of hydrogen-bond donors (Lipinski definition) is 1. The van der Waals surface area contributed by atoms with Gasteiger partial charge in [-0.2, -0.15) is 0 Å². The van der Waals surface area contributed by atoms with Gasteiger partial charge >= 0.3 is 0 Å². The highest BCUT2D eigenvalue weighted by molar-refractivity contribution is 6.13. The zero-order valence-electron chi connectivity index (χ0n) is 12.6. The van der Waals surface area contributed by atoms with Gasteiger partial charge in [0.2, 0.25) is 0 Å². The maximum absolute atomic E-state index is 3.51. The van der Waals surface area contributed by atoms with Crippen molar-refractivity contribution >= 4 is 39.9 Å². The number of aromatic nitrogens is 1. The quantitative estimate of drug-likeness (QED) is 0.503. The van der Waals surface area contributed by atoms with Crippen molar-refractivity contribution in [3.8, 4) is 11.1 Å². The van der Waals surface area contributed by atoms with Gasteiger partial charge in [0.05, 0.1) is 11.2 Å². The second-order valence-electron chi connectivity index (χ2n) is 5.88. The van der Waals surface area contributed by atoms with Crippen molar-refractivity contribution in [2.45, 2.75) is 6.54 Å². The summed E-state index contributed by atoms with van der Waals surface area (Å²) in [4.78, 5) is 0. The Morgan fingerprint density at radius 1 is 0.783 bits per heavy atom. The molecule has 0 saturated heterocycles. The van der Waals surface area contributed by atoms with E-state index < -0.39 is 0 Å². The molecule has 2 nitrogen and oxygen atoms in total. The van der Waals surface area contributed by atoms with Crippen LogP contribution in [0.2, 0.25) is 0 Å². The first-order chi connectivity index (χ1) is 10.9. The Morgan fingerprint density at radius 3 is 2.52 bits per heavy atom. The van der Waals surface area contributed by atoms with Crippen molar-refractivity contribution < 1.29 is 0 Å². The second-order valence-corrected chi connectivity index (χ2v) is 5.88. The molecule has 114 valence electrons. The zero-order chi connectivity index (χ0) is 14.5. The van der Waals surface area contributed by atoms with E-state index >= 15 is 0 Å². The predicted molar refractivity (Wildman–Crippen MR) is 101 cm³/mol. The van der Waals surface area contributed by atoms with E-state index in [1.807, 2.05) is 0 Å². The lowest BCUT2D eigenvalue weighted by atomic mass is 10.0. The molecular weight excluding hydrogens is 304 g/mol. The number of para-hydroxylation sites is 1. The number of nitrogens with zero attached hydrogens (tertiary/aromatic N) is 1. The summed E-state index contributed by atoms with van der Waals surface area (Å²) in [5.41, 5.74) is 6.48. The van der Waals surface area contributed by atoms with Gasteiger partial charge < -0.3 is 9.88 Å². The summed E-state index contributed by atoms with van der Waals surface area (Å²) in [5, 5.41) is 6.21. The molecule has 0 atom stereocenters. The highest BCUT2D eigenvalue weighted by Crippen LogP contribution is 2.37. The van der Waals surface area contributed by atoms with Gasteiger partial charge in [0.25, 0.3) is 0 Å². The summed E-state index contributed by atoms with van der Waals surface area (Å²) in [6, 6.07) is 24.0. The molecule has 23 heavy (non-hydrogen) atoms. The van der Waals surface area contributed by atoms with Crippen LogP contribution in [0.3, 0.4) is 0 Å². The van der Waals surface area contributed by atoms with Gasteiger partial charge in [-0.3, -0.25) is 0 Å². The monoisotopic (exact) mass is 320 g/mol. The molecule has 2 heterocycles. The molecule has 0 spiro atoms. The van der Waals surface area contributed by atoms with E-state index in [-0.39, 0.29) is 12.4 Å². The maximum Gasteiger partial charge on any atom is 0.0727 e. The van der Waals surface area contributed by atoms with Crippen LogP contribution in [0.4, 0.5) is 5.69 Å². The Kier molecular flexibility index (Phi) is 3.28. The van der Waals surface area contributed by atoms with E-state index in [9.17, 15) is 0 Å². The molecular formula is C20H17ClN2. The van der Waals surface area contributed by atoms with Gasteiger partial charge in [0.1, 0.15) is 0 Å². The molecule has 3 aromatic carbocycles. The summed E-state index contributed by atoms with van der Waals surface area (Å²) in [6.45, 7) is 2.03. The van der Waals surface area contributed by atoms with Gasteiger partial charge in [-0.05, 0) is 29.3 Å². The minimum absolute atomic E-state index is 0. The molecule has 0 fully saturated rings. The zero-order valence-corrected chi connectivity index (χ0v) is 13.4. The molecule has 0 aliphatic carbocycles. The fourth-order valence-electron chi connectivity index (χ4n) is 3.65. The molecule has 0 bridgehead atoms. The highest BCUT2D eigenvalue weighted by atomic mass is 35.5. The standard InChI is InChI=1S/C20H16N2.ClH/c1-2-5-14(6-3-1)15-9-10-19-17(13-15)16-7-4-8-18-20(16)22(19)12-11-21-18;/h1-10,13,21H,11-12H2;1H. The average Bonchev–Trinajstić information content (AvgIpc) is 2.92. The number of hydrogen-bond acceptors (Lipinski definition) is 1. The van der Waals surface area contributed by atoms with Crippen LogP contribution < -0.4 is 5.32 Å². The van der Waals surface area contributed by atoms with E-state index in [1.54, 1.807) is 0 Å². The Balaban J connectivity index is 0.00000135. The summed E-state index contributed by atoms with van der Waals surface area (Å²) in [7, 11) is 0. The highest BCUT2D eigenvalue weighted by Gasteiger charge is 2.17. The van der Waals surface area contributed by atoms with E-state index in [2.05, 4.69) is 76.6 Å². The van der Waals surface area contributed by atoms with Crippen LogP contribution in [0, 0.1) is 0 Å². The molecule has 1 aromatic heterocycles. The van der Waals surface area contributed by atoms with Gasteiger partial charge in [-0.1, -0.05) is 48.5 Å². The molecule has 3 heteroatoms. The van der Waals surface area contributed by atoms with Gasteiger partial charge in [-0.25, -0.2) is 0 Å². The molecule has 1 aliphatic rings. The SMILES string of the molecule is Cl.c1ccc(-c2ccc3c(c2)c2cccc4c2n3CCN4)cc1. The number of nitrogens with one attached hydrogen (secondary N) is 1. The van der Waals surface area contributed by atoms with Crippen LogP contribution in [-0.4, -0.2) is 11.1 Å². The maximum atomic E-state index is 3.51. The summed E-state index contributed by atoms with van der Waals surface area (Å²) < 4.78 is 2.45. The first-order valence-electron chi connectivity index (χ1n) is 7.76. The fraction of sp³-hybridized carbons (Fsp3) is 0.100. The lowest BCUT2D eigenvalue weighted by Gasteiger charge is -2.18. The van der Waals surface area contributed by atoms with Crippen molar-refractivity contribution in [1.29, 1.82) is 0 Å². The number of fused-ring (bicyclic) bond motifs is 3. The number of rotatable bonds is 1. The number of halogens is 1. The molecule has 5 rings (SSSR count). The molecule has 1 aliphatic heterocycles.